The van der Waals surface area contributed by atoms with Crippen LogP contribution in [-0.2, 0) is 11.2 Å². The molecule has 0 radical (unpaired) electrons. The van der Waals surface area contributed by atoms with Crippen molar-refractivity contribution in [3.05, 3.63) is 51.6 Å². The molecule has 0 aliphatic carbocycles. The summed E-state index contributed by atoms with van der Waals surface area (Å²) in [7, 11) is 0. The topological polar surface area (TPSA) is 66.7 Å². The van der Waals surface area contributed by atoms with Gasteiger partial charge < -0.3 is 14.2 Å². The van der Waals surface area contributed by atoms with Gasteiger partial charge in [-0.3, -0.25) is 9.59 Å². The highest BCUT2D eigenvalue weighted by atomic mass is 32.1. The molecule has 4 rings (SSSR count). The number of thiazole rings is 1. The predicted molar refractivity (Wildman–Crippen MR) is 110 cm³/mol. The van der Waals surface area contributed by atoms with E-state index in [-0.39, 0.29) is 11.8 Å². The summed E-state index contributed by atoms with van der Waals surface area (Å²) in [5.74, 6) is 0.368. The minimum absolute atomic E-state index is 0.113. The number of carbonyl (C=O) groups is 2. The smallest absolute Gasteiger partial charge is 0.289 e. The van der Waals surface area contributed by atoms with Gasteiger partial charge >= 0.3 is 0 Å². The predicted octanol–water partition coefficient (Wildman–Crippen LogP) is 3.69. The first-order chi connectivity index (χ1) is 13.6. The summed E-state index contributed by atoms with van der Waals surface area (Å²) in [6, 6.07) is 7.47. The summed E-state index contributed by atoms with van der Waals surface area (Å²) < 4.78 is 5.18. The molecule has 0 atom stereocenters. The molecule has 0 aromatic carbocycles. The van der Waals surface area contributed by atoms with Crippen LogP contribution in [0.4, 0.5) is 0 Å². The Kier molecular flexibility index (Phi) is 5.59. The van der Waals surface area contributed by atoms with Gasteiger partial charge in [-0.25, -0.2) is 4.98 Å². The lowest BCUT2D eigenvalue weighted by molar-refractivity contribution is -0.132. The number of hydrogen-bond donors (Lipinski definition) is 0. The van der Waals surface area contributed by atoms with Gasteiger partial charge in [0.1, 0.15) is 0 Å². The summed E-state index contributed by atoms with van der Waals surface area (Å²) in [6.07, 6.45) is 2.66. The first-order valence-electron chi connectivity index (χ1n) is 9.22. The third-order valence-electron chi connectivity index (χ3n) is 4.78. The minimum atomic E-state index is -0.113. The van der Waals surface area contributed by atoms with Gasteiger partial charge in [-0.05, 0) is 36.9 Å². The Morgan fingerprint density at radius 2 is 1.93 bits per heavy atom. The van der Waals surface area contributed by atoms with Crippen molar-refractivity contribution in [2.75, 3.05) is 26.2 Å². The van der Waals surface area contributed by atoms with Gasteiger partial charge in [0.2, 0.25) is 5.91 Å². The van der Waals surface area contributed by atoms with E-state index in [0.717, 1.165) is 15.6 Å². The molecule has 0 saturated carbocycles. The summed E-state index contributed by atoms with van der Waals surface area (Å²) in [4.78, 5) is 35.6. The highest BCUT2D eigenvalue weighted by Crippen LogP contribution is 2.32. The number of nitrogens with zero attached hydrogens (tertiary/aromatic N) is 3. The molecule has 3 aromatic heterocycles. The summed E-state index contributed by atoms with van der Waals surface area (Å²) in [6.45, 7) is 4.19. The lowest BCUT2D eigenvalue weighted by atomic mass is 10.2. The number of piperazine rings is 1. The fraction of sp³-hybridized carbons (Fsp3) is 0.350. The van der Waals surface area contributed by atoms with Crippen molar-refractivity contribution in [1.29, 1.82) is 0 Å². The second-order valence-corrected chi connectivity index (χ2v) is 8.87. The molecule has 0 unspecified atom stereocenters. The third-order valence-corrected chi connectivity index (χ3v) is 6.68. The van der Waals surface area contributed by atoms with Crippen LogP contribution >= 0.6 is 22.7 Å². The van der Waals surface area contributed by atoms with Crippen molar-refractivity contribution in [2.45, 2.75) is 19.8 Å². The van der Waals surface area contributed by atoms with E-state index in [1.165, 1.54) is 11.1 Å². The quantitative estimate of drug-likeness (QED) is 0.637. The van der Waals surface area contributed by atoms with E-state index in [0.29, 0.717) is 44.8 Å². The van der Waals surface area contributed by atoms with Crippen LogP contribution in [0.2, 0.25) is 0 Å². The number of hydrogen-bond acceptors (Lipinski definition) is 6. The van der Waals surface area contributed by atoms with E-state index < -0.39 is 0 Å². The fourth-order valence-corrected chi connectivity index (χ4v) is 5.09. The Balaban J connectivity index is 1.32. The number of furan rings is 1. The van der Waals surface area contributed by atoms with Crippen molar-refractivity contribution < 1.29 is 14.0 Å². The van der Waals surface area contributed by atoms with Gasteiger partial charge in [0.15, 0.2) is 5.76 Å². The first kappa shape index (κ1) is 18.9. The zero-order valence-corrected chi connectivity index (χ0v) is 17.2. The van der Waals surface area contributed by atoms with Crippen molar-refractivity contribution >= 4 is 34.5 Å². The Morgan fingerprint density at radius 3 is 2.61 bits per heavy atom. The molecular weight excluding hydrogens is 394 g/mol. The van der Waals surface area contributed by atoms with E-state index in [2.05, 4.69) is 11.1 Å². The summed E-state index contributed by atoms with van der Waals surface area (Å²) in [5.41, 5.74) is 1.01. The molecule has 1 fully saturated rings. The lowest BCUT2D eigenvalue weighted by Crippen LogP contribution is -2.50. The first-order valence-corrected chi connectivity index (χ1v) is 10.9. The molecule has 0 bridgehead atoms. The average Bonchev–Trinajstić information content (AvgIpc) is 3.46. The van der Waals surface area contributed by atoms with Crippen LogP contribution in [0.3, 0.4) is 0 Å². The van der Waals surface area contributed by atoms with E-state index in [1.807, 2.05) is 23.3 Å². The maximum absolute atomic E-state index is 12.7. The van der Waals surface area contributed by atoms with Gasteiger partial charge in [-0.1, -0.05) is 6.07 Å². The van der Waals surface area contributed by atoms with Gasteiger partial charge in [0, 0.05) is 37.5 Å². The number of rotatable bonds is 5. The van der Waals surface area contributed by atoms with Crippen molar-refractivity contribution in [3.8, 4) is 10.6 Å². The summed E-state index contributed by atoms with van der Waals surface area (Å²) >= 11 is 3.34. The molecule has 8 heteroatoms. The number of aryl methyl sites for hydroxylation is 2. The van der Waals surface area contributed by atoms with Gasteiger partial charge in [-0.15, -0.1) is 22.7 Å². The number of aromatic nitrogens is 1. The largest absolute Gasteiger partial charge is 0.459 e. The molecule has 0 N–H and O–H groups in total. The molecule has 146 valence electrons. The molecule has 28 heavy (non-hydrogen) atoms. The van der Waals surface area contributed by atoms with Crippen LogP contribution in [-0.4, -0.2) is 52.8 Å². The van der Waals surface area contributed by atoms with Crippen molar-refractivity contribution in [1.82, 2.24) is 14.8 Å². The average molecular weight is 416 g/mol. The van der Waals surface area contributed by atoms with Crippen LogP contribution in [0.1, 0.15) is 26.9 Å². The van der Waals surface area contributed by atoms with Crippen molar-refractivity contribution in [2.24, 2.45) is 0 Å². The Labute approximate surface area is 171 Å². The molecule has 0 spiro atoms. The lowest BCUT2D eigenvalue weighted by Gasteiger charge is -2.34. The third kappa shape index (κ3) is 4.02. The van der Waals surface area contributed by atoms with E-state index in [4.69, 9.17) is 4.42 Å². The molecule has 4 heterocycles. The van der Waals surface area contributed by atoms with Crippen LogP contribution in [0, 0.1) is 6.92 Å². The van der Waals surface area contributed by atoms with Gasteiger partial charge in [0.25, 0.3) is 5.91 Å². The second kappa shape index (κ2) is 8.28. The highest BCUT2D eigenvalue weighted by Gasteiger charge is 2.26. The maximum Gasteiger partial charge on any atom is 0.289 e. The molecule has 3 aromatic rings. The van der Waals surface area contributed by atoms with Crippen LogP contribution in [0.5, 0.6) is 0 Å². The molecule has 1 saturated heterocycles. The van der Waals surface area contributed by atoms with E-state index >= 15 is 0 Å². The molecular formula is C20H21N3O3S2. The fourth-order valence-electron chi connectivity index (χ4n) is 3.34. The van der Waals surface area contributed by atoms with Gasteiger partial charge in [0.05, 0.1) is 21.8 Å². The SMILES string of the molecule is Cc1nc(-c2cccs2)c(CCC(=O)N2CCN(C(=O)c3ccco3)CC2)s1. The summed E-state index contributed by atoms with van der Waals surface area (Å²) in [5, 5.41) is 3.07. The normalized spacial score (nSPS) is 14.5. The Morgan fingerprint density at radius 1 is 1.14 bits per heavy atom. The van der Waals surface area contributed by atoms with Crippen LogP contribution < -0.4 is 0 Å². The zero-order chi connectivity index (χ0) is 19.5. The minimum Gasteiger partial charge on any atom is -0.459 e. The Hall–Kier alpha value is -2.45. The maximum atomic E-state index is 12.7. The Bertz CT molecular complexity index is 940. The van der Waals surface area contributed by atoms with E-state index in [1.54, 1.807) is 39.7 Å². The second-order valence-electron chi connectivity index (χ2n) is 6.63. The van der Waals surface area contributed by atoms with Crippen LogP contribution in [0.25, 0.3) is 10.6 Å². The molecule has 1 aliphatic rings. The number of thiophene rings is 1. The molecule has 2 amide bonds. The monoisotopic (exact) mass is 415 g/mol. The van der Waals surface area contributed by atoms with E-state index in [9.17, 15) is 9.59 Å². The van der Waals surface area contributed by atoms with Crippen molar-refractivity contribution in [3.63, 3.8) is 0 Å². The molecule has 6 nitrogen and oxygen atoms in total. The number of amides is 2. The molecule has 1 aliphatic heterocycles. The zero-order valence-electron chi connectivity index (χ0n) is 15.6. The number of carbonyl (C=O) groups excluding carboxylic acids is 2. The standard InChI is InChI=1S/C20H21N3O3S2/c1-14-21-19(16-5-3-13-27-16)17(28-14)6-7-18(24)22-8-10-23(11-9-22)20(25)15-4-2-12-26-15/h2-5,12-13H,6-11H2,1H3. The van der Waals surface area contributed by atoms with Crippen LogP contribution in [0.15, 0.2) is 40.3 Å². The highest BCUT2D eigenvalue weighted by molar-refractivity contribution is 7.15. The van der Waals surface area contributed by atoms with Gasteiger partial charge in [-0.2, -0.15) is 0 Å².